The Morgan fingerprint density at radius 3 is 2.61 bits per heavy atom. The van der Waals surface area contributed by atoms with Crippen molar-refractivity contribution in [2.24, 2.45) is 0 Å². The Labute approximate surface area is 179 Å². The predicted molar refractivity (Wildman–Crippen MR) is 115 cm³/mol. The first-order valence-electron chi connectivity index (χ1n) is 9.89. The zero-order valence-corrected chi connectivity index (χ0v) is 17.8. The van der Waals surface area contributed by atoms with Crippen LogP contribution in [-0.4, -0.2) is 53.5 Å². The number of amides is 1. The second-order valence-corrected chi connectivity index (χ2v) is 9.66. The molecule has 1 amide bonds. The summed E-state index contributed by atoms with van der Waals surface area (Å²) in [5, 5.41) is 0. The fraction of sp³-hybridized carbons (Fsp3) is 0.273. The number of aromatic amines is 1. The van der Waals surface area contributed by atoms with Crippen LogP contribution in [0.25, 0.3) is 11.4 Å². The molecule has 1 fully saturated rings. The van der Waals surface area contributed by atoms with Gasteiger partial charge in [0.25, 0.3) is 5.56 Å². The quantitative estimate of drug-likeness (QED) is 0.650. The molecule has 31 heavy (non-hydrogen) atoms. The van der Waals surface area contributed by atoms with E-state index in [1.807, 2.05) is 6.07 Å². The van der Waals surface area contributed by atoms with E-state index >= 15 is 0 Å². The van der Waals surface area contributed by atoms with Gasteiger partial charge in [-0.1, -0.05) is 18.2 Å². The van der Waals surface area contributed by atoms with Crippen molar-refractivity contribution in [1.29, 1.82) is 0 Å². The first kappa shape index (κ1) is 20.9. The summed E-state index contributed by atoms with van der Waals surface area (Å²) in [5.74, 6) is 0.451. The number of H-pyrrole nitrogens is 1. The van der Waals surface area contributed by atoms with Crippen molar-refractivity contribution in [1.82, 2.24) is 19.9 Å². The number of nitrogens with zero attached hydrogens (tertiary/aromatic N) is 3. The third kappa shape index (κ3) is 4.88. The molecule has 4 rings (SSSR count). The van der Waals surface area contributed by atoms with Crippen LogP contribution in [0.4, 0.5) is 0 Å². The Balaban J connectivity index is 1.45. The second kappa shape index (κ2) is 8.43. The summed E-state index contributed by atoms with van der Waals surface area (Å²) in [5.41, 5.74) is 1.64. The van der Waals surface area contributed by atoms with Crippen LogP contribution in [0, 0.1) is 0 Å². The van der Waals surface area contributed by atoms with E-state index in [2.05, 4.69) is 15.0 Å². The number of likely N-dealkylation sites (tertiary alicyclic amines) is 1. The van der Waals surface area contributed by atoms with Crippen LogP contribution in [0.1, 0.15) is 23.7 Å². The maximum atomic E-state index is 12.7. The van der Waals surface area contributed by atoms with Crippen molar-refractivity contribution >= 4 is 15.7 Å². The lowest BCUT2D eigenvalue weighted by Crippen LogP contribution is -2.30. The van der Waals surface area contributed by atoms with Crippen LogP contribution >= 0.6 is 0 Å². The van der Waals surface area contributed by atoms with Crippen LogP contribution in [-0.2, 0) is 21.1 Å². The van der Waals surface area contributed by atoms with Gasteiger partial charge >= 0.3 is 0 Å². The van der Waals surface area contributed by atoms with Crippen molar-refractivity contribution in [3.05, 3.63) is 76.5 Å². The van der Waals surface area contributed by atoms with Crippen molar-refractivity contribution < 1.29 is 13.2 Å². The average Bonchev–Trinajstić information content (AvgIpc) is 3.24. The van der Waals surface area contributed by atoms with Crippen molar-refractivity contribution in [3.63, 3.8) is 0 Å². The third-order valence-electron chi connectivity index (χ3n) is 5.32. The number of benzene rings is 1. The number of aromatic nitrogens is 3. The van der Waals surface area contributed by atoms with E-state index in [1.54, 1.807) is 35.4 Å². The molecule has 1 aliphatic heterocycles. The molecule has 160 valence electrons. The molecule has 0 aliphatic carbocycles. The molecule has 2 aromatic heterocycles. The van der Waals surface area contributed by atoms with Gasteiger partial charge in [-0.15, -0.1) is 0 Å². The molecule has 3 aromatic rings. The number of hydrogen-bond donors (Lipinski definition) is 1. The van der Waals surface area contributed by atoms with Gasteiger partial charge < -0.3 is 9.88 Å². The number of rotatable bonds is 5. The molecule has 1 N–H and O–H groups in total. The normalized spacial score (nSPS) is 16.4. The van der Waals surface area contributed by atoms with Gasteiger partial charge in [0.1, 0.15) is 5.82 Å². The largest absolute Gasteiger partial charge is 0.342 e. The van der Waals surface area contributed by atoms with Crippen LogP contribution in [0.5, 0.6) is 0 Å². The smallest absolute Gasteiger partial charge is 0.251 e. The fourth-order valence-electron chi connectivity index (χ4n) is 3.67. The highest BCUT2D eigenvalue weighted by Gasteiger charge is 2.29. The van der Waals surface area contributed by atoms with E-state index < -0.39 is 9.84 Å². The molecule has 1 saturated heterocycles. The lowest BCUT2D eigenvalue weighted by molar-refractivity contribution is -0.129. The summed E-state index contributed by atoms with van der Waals surface area (Å²) in [6.07, 6.45) is 3.69. The number of carbonyl (C=O) groups is 1. The third-order valence-corrected chi connectivity index (χ3v) is 6.45. The minimum atomic E-state index is -3.26. The average molecular weight is 439 g/mol. The summed E-state index contributed by atoms with van der Waals surface area (Å²) in [7, 11) is -3.26. The minimum Gasteiger partial charge on any atom is -0.342 e. The molecule has 3 heterocycles. The summed E-state index contributed by atoms with van der Waals surface area (Å²) in [6.45, 7) is 1.04. The molecule has 8 nitrogen and oxygen atoms in total. The van der Waals surface area contributed by atoms with E-state index in [0.717, 1.165) is 11.8 Å². The number of nitrogens with one attached hydrogen (secondary N) is 1. The lowest BCUT2D eigenvalue weighted by atomic mass is 10.1. The zero-order valence-electron chi connectivity index (χ0n) is 17.0. The van der Waals surface area contributed by atoms with E-state index in [1.165, 1.54) is 18.2 Å². The van der Waals surface area contributed by atoms with Crippen LogP contribution in [0.3, 0.4) is 0 Å². The SMILES string of the molecule is CS(=O)(=O)c1ccc(CC(=O)N2CC[C@@H](c3nc(-c4ccccn4)cc(=O)[nH]3)C2)cc1. The van der Waals surface area contributed by atoms with Gasteiger partial charge in [0.05, 0.1) is 22.7 Å². The number of carbonyl (C=O) groups excluding carboxylic acids is 1. The van der Waals surface area contributed by atoms with Crippen LogP contribution in [0.2, 0.25) is 0 Å². The first-order chi connectivity index (χ1) is 14.8. The van der Waals surface area contributed by atoms with Gasteiger partial charge in [0.2, 0.25) is 5.91 Å². The van der Waals surface area contributed by atoms with E-state index in [-0.39, 0.29) is 28.7 Å². The molecular formula is C22H22N4O4S. The highest BCUT2D eigenvalue weighted by Crippen LogP contribution is 2.26. The molecular weight excluding hydrogens is 416 g/mol. The maximum absolute atomic E-state index is 12.7. The van der Waals surface area contributed by atoms with E-state index in [0.29, 0.717) is 36.7 Å². The first-order valence-corrected chi connectivity index (χ1v) is 11.8. The van der Waals surface area contributed by atoms with Gasteiger partial charge in [-0.3, -0.25) is 14.6 Å². The Kier molecular flexibility index (Phi) is 5.69. The molecule has 9 heteroatoms. The summed E-state index contributed by atoms with van der Waals surface area (Å²) >= 11 is 0. The molecule has 0 spiro atoms. The Hall–Kier alpha value is -3.33. The van der Waals surface area contributed by atoms with Crippen LogP contribution in [0.15, 0.2) is 64.4 Å². The number of pyridine rings is 1. The van der Waals surface area contributed by atoms with Gasteiger partial charge in [0.15, 0.2) is 9.84 Å². The lowest BCUT2D eigenvalue weighted by Gasteiger charge is -2.17. The van der Waals surface area contributed by atoms with Crippen molar-refractivity contribution in [2.75, 3.05) is 19.3 Å². The van der Waals surface area contributed by atoms with E-state index in [9.17, 15) is 18.0 Å². The summed E-state index contributed by atoms with van der Waals surface area (Å²) in [4.78, 5) is 38.5. The Morgan fingerprint density at radius 1 is 1.16 bits per heavy atom. The minimum absolute atomic E-state index is 0.0437. The number of hydrogen-bond acceptors (Lipinski definition) is 6. The van der Waals surface area contributed by atoms with Gasteiger partial charge in [-0.2, -0.15) is 0 Å². The Bertz CT molecular complexity index is 1250. The van der Waals surface area contributed by atoms with Crippen molar-refractivity contribution in [2.45, 2.75) is 23.7 Å². The van der Waals surface area contributed by atoms with Gasteiger partial charge in [-0.25, -0.2) is 13.4 Å². The molecule has 0 radical (unpaired) electrons. The number of sulfone groups is 1. The van der Waals surface area contributed by atoms with Crippen LogP contribution < -0.4 is 5.56 Å². The van der Waals surface area contributed by atoms with E-state index in [4.69, 9.17) is 0 Å². The predicted octanol–water partition coefficient (Wildman–Crippen LogP) is 1.79. The molecule has 0 bridgehead atoms. The monoisotopic (exact) mass is 438 g/mol. The van der Waals surface area contributed by atoms with Gasteiger partial charge in [0, 0.05) is 37.5 Å². The summed E-state index contributed by atoms with van der Waals surface area (Å²) in [6, 6.07) is 13.2. The zero-order chi connectivity index (χ0) is 22.0. The second-order valence-electron chi connectivity index (χ2n) is 7.65. The molecule has 0 saturated carbocycles. The highest BCUT2D eigenvalue weighted by atomic mass is 32.2. The highest BCUT2D eigenvalue weighted by molar-refractivity contribution is 7.90. The molecule has 1 aliphatic rings. The fourth-order valence-corrected chi connectivity index (χ4v) is 4.30. The van der Waals surface area contributed by atoms with Gasteiger partial charge in [-0.05, 0) is 36.2 Å². The summed E-state index contributed by atoms with van der Waals surface area (Å²) < 4.78 is 23.1. The molecule has 0 unspecified atom stereocenters. The Morgan fingerprint density at radius 2 is 1.94 bits per heavy atom. The molecule has 1 aromatic carbocycles. The molecule has 1 atom stereocenters. The van der Waals surface area contributed by atoms with Crippen molar-refractivity contribution in [3.8, 4) is 11.4 Å². The topological polar surface area (TPSA) is 113 Å². The standard InChI is InChI=1S/C22H22N4O4S/c1-31(29,30)17-7-5-15(6-8-17)12-21(28)26-11-9-16(14-26)22-24-19(13-20(27)25-22)18-4-2-3-10-23-18/h2-8,10,13,16H,9,11-12,14H2,1H3,(H,24,25,27)/t16-/m1/s1. The maximum Gasteiger partial charge on any atom is 0.251 e.